The summed E-state index contributed by atoms with van der Waals surface area (Å²) < 4.78 is 10.4. The summed E-state index contributed by atoms with van der Waals surface area (Å²) >= 11 is 0. The fourth-order valence-electron chi connectivity index (χ4n) is 4.00. The number of imide groups is 1. The predicted molar refractivity (Wildman–Crippen MR) is 108 cm³/mol. The van der Waals surface area contributed by atoms with Crippen molar-refractivity contribution in [3.05, 3.63) is 24.3 Å². The van der Waals surface area contributed by atoms with E-state index in [9.17, 15) is 19.2 Å². The second-order valence-corrected chi connectivity index (χ2v) is 7.58. The monoisotopic (exact) mass is 417 g/mol. The first-order valence-electron chi connectivity index (χ1n) is 10.2. The van der Waals surface area contributed by atoms with Gasteiger partial charge in [-0.25, -0.2) is 4.79 Å². The Labute approximate surface area is 175 Å². The van der Waals surface area contributed by atoms with Gasteiger partial charge in [0.05, 0.1) is 12.3 Å². The standard InChI is InChI=1S/C21H27N3O6/c1-3-29-16-10-5-4-9-15(16)22-17(25)13-30-18(26)12-24-19(27)21(23-20(24)28)11-7-6-8-14(21)2/h4-5,9-10,14H,3,6-8,11-13H2,1-2H3,(H,22,25)(H,23,28)/t14-,21-/m0/s1. The van der Waals surface area contributed by atoms with Crippen molar-refractivity contribution >= 4 is 29.5 Å². The highest BCUT2D eigenvalue weighted by Gasteiger charge is 2.55. The third kappa shape index (κ3) is 4.39. The molecule has 1 heterocycles. The van der Waals surface area contributed by atoms with Crippen molar-refractivity contribution < 1.29 is 28.7 Å². The largest absolute Gasteiger partial charge is 0.492 e. The van der Waals surface area contributed by atoms with E-state index in [4.69, 9.17) is 9.47 Å². The van der Waals surface area contributed by atoms with Crippen LogP contribution in [-0.4, -0.2) is 54.0 Å². The van der Waals surface area contributed by atoms with E-state index in [0.29, 0.717) is 24.5 Å². The number of ether oxygens (including phenoxy) is 2. The van der Waals surface area contributed by atoms with Gasteiger partial charge in [0, 0.05) is 0 Å². The van der Waals surface area contributed by atoms with Gasteiger partial charge in [-0.05, 0) is 37.8 Å². The van der Waals surface area contributed by atoms with Crippen LogP contribution in [0.3, 0.4) is 0 Å². The van der Waals surface area contributed by atoms with Crippen molar-refractivity contribution in [2.45, 2.75) is 45.1 Å². The van der Waals surface area contributed by atoms with E-state index in [-0.39, 0.29) is 5.92 Å². The number of carbonyl (C=O) groups is 4. The van der Waals surface area contributed by atoms with Gasteiger partial charge in [0.2, 0.25) is 0 Å². The fourth-order valence-corrected chi connectivity index (χ4v) is 4.00. The molecule has 30 heavy (non-hydrogen) atoms. The first-order valence-corrected chi connectivity index (χ1v) is 10.2. The second-order valence-electron chi connectivity index (χ2n) is 7.58. The van der Waals surface area contributed by atoms with E-state index in [0.717, 1.165) is 24.2 Å². The molecule has 1 saturated carbocycles. The normalized spacial score (nSPS) is 23.3. The van der Waals surface area contributed by atoms with Gasteiger partial charge >= 0.3 is 12.0 Å². The molecule has 2 atom stereocenters. The molecule has 1 saturated heterocycles. The summed E-state index contributed by atoms with van der Waals surface area (Å²) in [4.78, 5) is 50.3. The Morgan fingerprint density at radius 1 is 1.27 bits per heavy atom. The van der Waals surface area contributed by atoms with E-state index < -0.39 is 42.5 Å². The van der Waals surface area contributed by atoms with Crippen LogP contribution in [-0.2, 0) is 19.1 Å². The maximum Gasteiger partial charge on any atom is 0.326 e. The number of urea groups is 1. The molecule has 3 rings (SSSR count). The number of hydrogen-bond donors (Lipinski definition) is 2. The van der Waals surface area contributed by atoms with Crippen LogP contribution in [0.15, 0.2) is 24.3 Å². The molecule has 2 N–H and O–H groups in total. The van der Waals surface area contributed by atoms with Crippen LogP contribution in [0.1, 0.15) is 39.5 Å². The minimum Gasteiger partial charge on any atom is -0.492 e. The molecule has 0 radical (unpaired) electrons. The average molecular weight is 417 g/mol. The quantitative estimate of drug-likeness (QED) is 0.519. The minimum atomic E-state index is -0.935. The lowest BCUT2D eigenvalue weighted by molar-refractivity contribution is -0.150. The molecular weight excluding hydrogens is 390 g/mol. The summed E-state index contributed by atoms with van der Waals surface area (Å²) in [6.45, 7) is 3.14. The number of carbonyl (C=O) groups excluding carboxylic acids is 4. The van der Waals surface area contributed by atoms with Crippen molar-refractivity contribution in [3.63, 3.8) is 0 Å². The summed E-state index contributed by atoms with van der Waals surface area (Å²) in [5, 5.41) is 5.39. The van der Waals surface area contributed by atoms with Crippen LogP contribution in [0.25, 0.3) is 0 Å². The average Bonchev–Trinajstić information content (AvgIpc) is 2.95. The molecule has 162 valence electrons. The maximum absolute atomic E-state index is 12.9. The van der Waals surface area contributed by atoms with Gasteiger partial charge < -0.3 is 20.1 Å². The summed E-state index contributed by atoms with van der Waals surface area (Å²) in [6, 6.07) is 6.30. The number of nitrogens with one attached hydrogen (secondary N) is 2. The molecule has 0 unspecified atom stereocenters. The molecule has 9 nitrogen and oxygen atoms in total. The highest BCUT2D eigenvalue weighted by atomic mass is 16.5. The van der Waals surface area contributed by atoms with E-state index in [1.54, 1.807) is 24.3 Å². The van der Waals surface area contributed by atoms with Gasteiger partial charge in [-0.2, -0.15) is 0 Å². The number of hydrogen-bond acceptors (Lipinski definition) is 6. The Morgan fingerprint density at radius 3 is 2.77 bits per heavy atom. The number of para-hydroxylation sites is 2. The zero-order valence-electron chi connectivity index (χ0n) is 17.2. The van der Waals surface area contributed by atoms with Crippen LogP contribution in [0.2, 0.25) is 0 Å². The van der Waals surface area contributed by atoms with Crippen LogP contribution < -0.4 is 15.4 Å². The molecule has 1 aromatic rings. The molecule has 1 aliphatic heterocycles. The van der Waals surface area contributed by atoms with E-state index >= 15 is 0 Å². The lowest BCUT2D eigenvalue weighted by atomic mass is 9.73. The van der Waals surface area contributed by atoms with Crippen LogP contribution in [0.5, 0.6) is 5.75 Å². The number of nitrogens with zero attached hydrogens (tertiary/aromatic N) is 1. The molecule has 1 aromatic carbocycles. The second kappa shape index (κ2) is 9.15. The zero-order chi connectivity index (χ0) is 21.7. The van der Waals surface area contributed by atoms with Gasteiger partial charge in [0.25, 0.3) is 11.8 Å². The smallest absolute Gasteiger partial charge is 0.326 e. The Bertz CT molecular complexity index is 842. The SMILES string of the molecule is CCOc1ccccc1NC(=O)COC(=O)CN1C(=O)N[C@]2(CCCC[C@@H]2C)C1=O. The molecule has 1 aliphatic carbocycles. The van der Waals surface area contributed by atoms with E-state index in [2.05, 4.69) is 10.6 Å². The molecule has 4 amide bonds. The molecule has 9 heteroatoms. The van der Waals surface area contributed by atoms with Crippen molar-refractivity contribution in [2.75, 3.05) is 25.1 Å². The van der Waals surface area contributed by atoms with Crippen LogP contribution >= 0.6 is 0 Å². The number of amides is 4. The van der Waals surface area contributed by atoms with Gasteiger partial charge in [-0.3, -0.25) is 19.3 Å². The third-order valence-corrected chi connectivity index (χ3v) is 5.61. The van der Waals surface area contributed by atoms with Crippen molar-refractivity contribution in [2.24, 2.45) is 5.92 Å². The topological polar surface area (TPSA) is 114 Å². The zero-order valence-corrected chi connectivity index (χ0v) is 17.2. The molecule has 2 fully saturated rings. The Balaban J connectivity index is 1.53. The molecule has 0 bridgehead atoms. The lowest BCUT2D eigenvalue weighted by Crippen LogP contribution is -2.54. The Kier molecular flexibility index (Phi) is 6.59. The summed E-state index contributed by atoms with van der Waals surface area (Å²) in [7, 11) is 0. The van der Waals surface area contributed by atoms with Crippen LogP contribution in [0, 0.1) is 5.92 Å². The highest BCUT2D eigenvalue weighted by Crippen LogP contribution is 2.38. The van der Waals surface area contributed by atoms with Crippen molar-refractivity contribution in [1.29, 1.82) is 0 Å². The molecule has 1 spiro atoms. The summed E-state index contributed by atoms with van der Waals surface area (Å²) in [5.74, 6) is -1.27. The summed E-state index contributed by atoms with van der Waals surface area (Å²) in [6.07, 6.45) is 3.26. The van der Waals surface area contributed by atoms with Gasteiger partial charge in [0.15, 0.2) is 6.61 Å². The summed E-state index contributed by atoms with van der Waals surface area (Å²) in [5.41, 5.74) is -0.474. The Morgan fingerprint density at radius 2 is 2.03 bits per heavy atom. The predicted octanol–water partition coefficient (Wildman–Crippen LogP) is 2.07. The molecular formula is C21H27N3O6. The first kappa shape index (κ1) is 21.6. The number of esters is 1. The maximum atomic E-state index is 12.9. The number of benzene rings is 1. The Hall–Kier alpha value is -3.10. The lowest BCUT2D eigenvalue weighted by Gasteiger charge is -2.36. The number of rotatable bonds is 7. The van der Waals surface area contributed by atoms with E-state index in [1.807, 2.05) is 13.8 Å². The molecule has 0 aromatic heterocycles. The number of anilines is 1. The fraction of sp³-hybridized carbons (Fsp3) is 0.524. The van der Waals surface area contributed by atoms with Gasteiger partial charge in [-0.15, -0.1) is 0 Å². The van der Waals surface area contributed by atoms with Gasteiger partial charge in [-0.1, -0.05) is 31.9 Å². The van der Waals surface area contributed by atoms with E-state index in [1.165, 1.54) is 0 Å². The first-order chi connectivity index (χ1) is 14.4. The van der Waals surface area contributed by atoms with Crippen LogP contribution in [0.4, 0.5) is 10.5 Å². The van der Waals surface area contributed by atoms with Gasteiger partial charge in [0.1, 0.15) is 17.8 Å². The third-order valence-electron chi connectivity index (χ3n) is 5.61. The highest BCUT2D eigenvalue weighted by molar-refractivity contribution is 6.09. The minimum absolute atomic E-state index is 0.0000870. The van der Waals surface area contributed by atoms with Crippen molar-refractivity contribution in [3.8, 4) is 5.75 Å². The van der Waals surface area contributed by atoms with Crippen molar-refractivity contribution in [1.82, 2.24) is 10.2 Å². The molecule has 2 aliphatic rings.